The van der Waals surface area contributed by atoms with Crippen LogP contribution in [0.15, 0.2) is 18.2 Å². The number of hydrogen-bond donors (Lipinski definition) is 0. The molecule has 0 fully saturated rings. The van der Waals surface area contributed by atoms with Crippen molar-refractivity contribution in [2.75, 3.05) is 0 Å². The zero-order chi connectivity index (χ0) is 7.54. The molecule has 1 aliphatic rings. The van der Waals surface area contributed by atoms with Crippen LogP contribution >= 0.6 is 12.4 Å². The minimum absolute atomic E-state index is 0. The van der Waals surface area contributed by atoms with E-state index in [9.17, 15) is 0 Å². The molecule has 0 heterocycles. The van der Waals surface area contributed by atoms with Crippen LogP contribution in [0.2, 0.25) is 0 Å². The van der Waals surface area contributed by atoms with Gasteiger partial charge in [0.15, 0.2) is 0 Å². The zero-order valence-corrected chi connectivity index (χ0v) is 10.5. The predicted octanol–water partition coefficient (Wildman–Crippen LogP) is 3.41. The Labute approximate surface area is 96.7 Å². The van der Waals surface area contributed by atoms with Gasteiger partial charge in [0, 0.05) is 0 Å². The molecule has 0 N–H and O–H groups in total. The summed E-state index contributed by atoms with van der Waals surface area (Å²) in [6.45, 7) is 10.0. The second-order valence-electron chi connectivity index (χ2n) is 1.00. The van der Waals surface area contributed by atoms with Crippen molar-refractivity contribution in [1.82, 2.24) is 0 Å². The summed E-state index contributed by atoms with van der Waals surface area (Å²) in [5, 5.41) is 0. The van der Waals surface area contributed by atoms with Gasteiger partial charge < -0.3 is 13.8 Å². The molecule has 63 valence electrons. The summed E-state index contributed by atoms with van der Waals surface area (Å²) in [6.07, 6.45) is 10.0. The Morgan fingerprint density at radius 3 is 1.73 bits per heavy atom. The number of halogens is 1. The van der Waals surface area contributed by atoms with Gasteiger partial charge in [-0.05, 0) is 0 Å². The third-order valence-electron chi connectivity index (χ3n) is 0.586. The van der Waals surface area contributed by atoms with Crippen LogP contribution in [0.5, 0.6) is 0 Å². The molecule has 0 amide bonds. The SMILES string of the molecule is Cl.[C-]1=CC=CC1.[CH2-]C.[CH2-]C.[Zr+3]. The molecule has 0 aromatic rings. The number of allylic oxidation sites excluding steroid dienone is 4. The van der Waals surface area contributed by atoms with Crippen LogP contribution in [0.1, 0.15) is 20.3 Å². The third kappa shape index (κ3) is 25.0. The van der Waals surface area contributed by atoms with Gasteiger partial charge in [-0.3, -0.25) is 6.08 Å². The Hall–Kier alpha value is 0.653. The van der Waals surface area contributed by atoms with E-state index in [4.69, 9.17) is 0 Å². The van der Waals surface area contributed by atoms with Gasteiger partial charge in [-0.25, -0.2) is 12.2 Å². The third-order valence-corrected chi connectivity index (χ3v) is 0.586. The van der Waals surface area contributed by atoms with Crippen molar-refractivity contribution in [3.63, 3.8) is 0 Å². The van der Waals surface area contributed by atoms with E-state index >= 15 is 0 Å². The first-order valence-corrected chi connectivity index (χ1v) is 3.13. The van der Waals surface area contributed by atoms with Gasteiger partial charge >= 0.3 is 26.2 Å². The molecule has 1 rings (SSSR count). The van der Waals surface area contributed by atoms with Gasteiger partial charge in [-0.15, -0.1) is 18.8 Å². The molecule has 0 spiro atoms. The Kier molecular flexibility index (Phi) is 63.8. The molecule has 0 aliphatic heterocycles. The Balaban J connectivity index is -0.0000000369. The van der Waals surface area contributed by atoms with Crippen molar-refractivity contribution in [2.45, 2.75) is 20.3 Å². The molecule has 1 aliphatic carbocycles. The van der Waals surface area contributed by atoms with E-state index < -0.39 is 0 Å². The fourth-order valence-corrected chi connectivity index (χ4v) is 0.340. The minimum Gasteiger partial charge on any atom is -0.346 e. The summed E-state index contributed by atoms with van der Waals surface area (Å²) in [4.78, 5) is 0. The standard InChI is InChI=1S/C5H5.2C2H5.ClH.Zr/c1-2-4-5-3-1;2*1-2;;/h1-3H,4H2;2*1H2,2H3;1H;/q3*-1;;+3. The molecule has 11 heavy (non-hydrogen) atoms. The molecule has 0 bridgehead atoms. The molecule has 2 heteroatoms. The summed E-state index contributed by atoms with van der Waals surface area (Å²) in [5.74, 6) is 0. The first-order valence-electron chi connectivity index (χ1n) is 3.13. The predicted molar refractivity (Wildman–Crippen MR) is 50.9 cm³/mol. The van der Waals surface area contributed by atoms with Gasteiger partial charge in [-0.1, -0.05) is 0 Å². The van der Waals surface area contributed by atoms with Gasteiger partial charge in [0.1, 0.15) is 0 Å². The molecule has 0 nitrogen and oxygen atoms in total. The van der Waals surface area contributed by atoms with Crippen LogP contribution < -0.4 is 0 Å². The number of hydrogen-bond acceptors (Lipinski definition) is 0. The Morgan fingerprint density at radius 2 is 1.64 bits per heavy atom. The normalized spacial score (nSPS) is 9.09. The van der Waals surface area contributed by atoms with Crippen molar-refractivity contribution in [3.8, 4) is 0 Å². The fraction of sp³-hybridized carbons (Fsp3) is 0.333. The summed E-state index contributed by atoms with van der Waals surface area (Å²) in [5.41, 5.74) is 0. The molecule has 0 atom stereocenters. The second-order valence-corrected chi connectivity index (χ2v) is 1.00. The molecule has 0 saturated carbocycles. The van der Waals surface area contributed by atoms with Gasteiger partial charge in [0.25, 0.3) is 0 Å². The van der Waals surface area contributed by atoms with Crippen LogP contribution in [-0.4, -0.2) is 0 Å². The topological polar surface area (TPSA) is 0 Å². The minimum atomic E-state index is 0. The molecule has 0 aromatic carbocycles. The second kappa shape index (κ2) is 31.1. The van der Waals surface area contributed by atoms with Crippen molar-refractivity contribution >= 4 is 12.4 Å². The summed E-state index contributed by atoms with van der Waals surface area (Å²) >= 11 is 0. The largest absolute Gasteiger partial charge is 3.00 e. The van der Waals surface area contributed by atoms with Gasteiger partial charge in [0.05, 0.1) is 0 Å². The van der Waals surface area contributed by atoms with Gasteiger partial charge in [0.2, 0.25) is 0 Å². The monoisotopic (exact) mass is 249 g/mol. The van der Waals surface area contributed by atoms with Crippen LogP contribution in [0, 0.1) is 19.9 Å². The van der Waals surface area contributed by atoms with E-state index in [0.717, 1.165) is 6.42 Å². The maximum Gasteiger partial charge on any atom is 3.00 e. The van der Waals surface area contributed by atoms with E-state index in [1.807, 2.05) is 12.2 Å². The van der Waals surface area contributed by atoms with Crippen LogP contribution in [0.3, 0.4) is 0 Å². The smallest absolute Gasteiger partial charge is 0.346 e. The number of rotatable bonds is 0. The van der Waals surface area contributed by atoms with Crippen LogP contribution in [0.25, 0.3) is 0 Å². The average Bonchev–Trinajstić information content (AvgIpc) is 2.51. The van der Waals surface area contributed by atoms with Crippen molar-refractivity contribution in [1.29, 1.82) is 0 Å². The Bertz CT molecular complexity index is 67.6. The molecular formula is C9H16ClZr. The summed E-state index contributed by atoms with van der Waals surface area (Å²) in [7, 11) is 0. The first-order chi connectivity index (χ1) is 4.50. The molecular weight excluding hydrogens is 235 g/mol. The molecule has 0 unspecified atom stereocenters. The van der Waals surface area contributed by atoms with E-state index in [2.05, 4.69) is 26.0 Å². The first kappa shape index (κ1) is 22.6. The average molecular weight is 251 g/mol. The van der Waals surface area contributed by atoms with Gasteiger partial charge in [-0.2, -0.15) is 19.9 Å². The quantitative estimate of drug-likeness (QED) is 0.578. The molecule has 1 radical (unpaired) electrons. The van der Waals surface area contributed by atoms with Crippen molar-refractivity contribution in [2.24, 2.45) is 0 Å². The van der Waals surface area contributed by atoms with E-state index in [1.165, 1.54) is 0 Å². The van der Waals surface area contributed by atoms with E-state index in [1.54, 1.807) is 13.8 Å². The van der Waals surface area contributed by atoms with Crippen molar-refractivity contribution in [3.05, 3.63) is 38.2 Å². The van der Waals surface area contributed by atoms with Crippen LogP contribution in [0.4, 0.5) is 0 Å². The maximum absolute atomic E-state index is 3.25. The van der Waals surface area contributed by atoms with E-state index in [-0.39, 0.29) is 38.6 Å². The fourth-order valence-electron chi connectivity index (χ4n) is 0.340. The van der Waals surface area contributed by atoms with Crippen molar-refractivity contribution < 1.29 is 26.2 Å². The summed E-state index contributed by atoms with van der Waals surface area (Å²) in [6, 6.07) is 0. The maximum atomic E-state index is 3.25. The molecule has 0 saturated heterocycles. The molecule has 0 aromatic heterocycles. The van der Waals surface area contributed by atoms with E-state index in [0.29, 0.717) is 0 Å². The summed E-state index contributed by atoms with van der Waals surface area (Å²) < 4.78 is 0. The zero-order valence-electron chi connectivity index (χ0n) is 7.26. The Morgan fingerprint density at radius 1 is 1.18 bits per heavy atom. The van der Waals surface area contributed by atoms with Crippen LogP contribution in [-0.2, 0) is 26.2 Å².